The molecule has 2 N–H and O–H groups in total. The zero-order chi connectivity index (χ0) is 19.6. The summed E-state index contributed by atoms with van der Waals surface area (Å²) in [5, 5.41) is 13.9. The first-order valence-electron chi connectivity index (χ1n) is 8.26. The fraction of sp³-hybridized carbons (Fsp3) is 0.222. The molecule has 1 aromatic carbocycles. The third kappa shape index (κ3) is 4.25. The van der Waals surface area contributed by atoms with Crippen molar-refractivity contribution in [2.45, 2.75) is 19.9 Å². The molecule has 0 aliphatic carbocycles. The van der Waals surface area contributed by atoms with Gasteiger partial charge in [0, 0.05) is 24.6 Å². The number of amides is 2. The minimum Gasteiger partial charge on any atom is -0.324 e. The van der Waals surface area contributed by atoms with Crippen molar-refractivity contribution in [1.82, 2.24) is 19.6 Å². The molecule has 0 spiro atoms. The van der Waals surface area contributed by atoms with Gasteiger partial charge in [0.05, 0.1) is 16.4 Å². The number of halogens is 1. The molecule has 140 valence electrons. The van der Waals surface area contributed by atoms with E-state index in [4.69, 9.17) is 0 Å². The van der Waals surface area contributed by atoms with Crippen LogP contribution in [0.5, 0.6) is 0 Å². The first-order valence-corrected chi connectivity index (χ1v) is 9.06. The summed E-state index contributed by atoms with van der Waals surface area (Å²) in [6.07, 6.45) is 3.37. The molecule has 1 unspecified atom stereocenters. The van der Waals surface area contributed by atoms with Crippen LogP contribution in [0, 0.1) is 6.92 Å². The molecule has 3 rings (SSSR count). The van der Waals surface area contributed by atoms with Crippen molar-refractivity contribution in [3.63, 3.8) is 0 Å². The Morgan fingerprint density at radius 2 is 1.74 bits per heavy atom. The largest absolute Gasteiger partial charge is 0.324 e. The van der Waals surface area contributed by atoms with Crippen LogP contribution in [0.2, 0.25) is 0 Å². The average Bonchev–Trinajstić information content (AvgIpc) is 3.22. The fourth-order valence-electron chi connectivity index (χ4n) is 2.52. The maximum atomic E-state index is 12.5. The Kier molecular flexibility index (Phi) is 5.41. The lowest BCUT2D eigenvalue weighted by Gasteiger charge is -2.15. The molecule has 8 nitrogen and oxygen atoms in total. The van der Waals surface area contributed by atoms with E-state index in [1.54, 1.807) is 66.1 Å². The molecule has 2 amide bonds. The highest BCUT2D eigenvalue weighted by Crippen LogP contribution is 2.20. The monoisotopic (exact) mass is 430 g/mol. The van der Waals surface area contributed by atoms with Gasteiger partial charge in [-0.05, 0) is 60.1 Å². The summed E-state index contributed by atoms with van der Waals surface area (Å²) in [4.78, 5) is 24.6. The Morgan fingerprint density at radius 1 is 1.11 bits per heavy atom. The van der Waals surface area contributed by atoms with Crippen molar-refractivity contribution in [2.75, 3.05) is 10.6 Å². The van der Waals surface area contributed by atoms with Crippen LogP contribution in [-0.2, 0) is 11.8 Å². The Labute approximate surface area is 164 Å². The quantitative estimate of drug-likeness (QED) is 0.649. The van der Waals surface area contributed by atoms with E-state index >= 15 is 0 Å². The molecule has 2 aromatic heterocycles. The molecule has 27 heavy (non-hydrogen) atoms. The molecule has 0 aliphatic rings. The van der Waals surface area contributed by atoms with Crippen molar-refractivity contribution >= 4 is 39.1 Å². The van der Waals surface area contributed by atoms with E-state index < -0.39 is 6.04 Å². The number of nitrogens with one attached hydrogen (secondary N) is 2. The van der Waals surface area contributed by atoms with Gasteiger partial charge in [0.15, 0.2) is 5.69 Å². The third-order valence-electron chi connectivity index (χ3n) is 4.09. The van der Waals surface area contributed by atoms with Crippen molar-refractivity contribution in [3.8, 4) is 0 Å². The summed E-state index contributed by atoms with van der Waals surface area (Å²) in [5.41, 5.74) is 2.46. The van der Waals surface area contributed by atoms with Gasteiger partial charge in [-0.15, -0.1) is 0 Å². The van der Waals surface area contributed by atoms with Crippen molar-refractivity contribution < 1.29 is 9.59 Å². The lowest BCUT2D eigenvalue weighted by atomic mass is 10.2. The van der Waals surface area contributed by atoms with Gasteiger partial charge in [0.1, 0.15) is 6.04 Å². The van der Waals surface area contributed by atoms with Crippen molar-refractivity contribution in [3.05, 3.63) is 58.6 Å². The van der Waals surface area contributed by atoms with E-state index in [9.17, 15) is 9.59 Å². The van der Waals surface area contributed by atoms with E-state index in [2.05, 4.69) is 36.8 Å². The predicted octanol–water partition coefficient (Wildman–Crippen LogP) is 3.14. The highest BCUT2D eigenvalue weighted by atomic mass is 79.9. The van der Waals surface area contributed by atoms with Crippen LogP contribution in [0.1, 0.15) is 29.1 Å². The summed E-state index contributed by atoms with van der Waals surface area (Å²) >= 11 is 3.39. The van der Waals surface area contributed by atoms with E-state index in [0.717, 1.165) is 10.2 Å². The first-order chi connectivity index (χ1) is 12.8. The van der Waals surface area contributed by atoms with Gasteiger partial charge in [0.25, 0.3) is 5.91 Å². The van der Waals surface area contributed by atoms with Gasteiger partial charge < -0.3 is 10.6 Å². The van der Waals surface area contributed by atoms with Crippen LogP contribution in [0.15, 0.2) is 47.2 Å². The molecule has 0 saturated carbocycles. The SMILES string of the molecule is Cc1c(Br)cnn1C(C)C(=O)Nc1ccc(NC(=O)c2ccn(C)n2)cc1. The predicted molar refractivity (Wildman–Crippen MR) is 106 cm³/mol. The summed E-state index contributed by atoms with van der Waals surface area (Å²) in [6, 6.07) is 8.07. The molecule has 1 atom stereocenters. The number of aromatic nitrogens is 4. The Bertz CT molecular complexity index is 976. The summed E-state index contributed by atoms with van der Waals surface area (Å²) in [7, 11) is 1.75. The number of hydrogen-bond donors (Lipinski definition) is 2. The Balaban J connectivity index is 1.62. The van der Waals surface area contributed by atoms with Gasteiger partial charge >= 0.3 is 0 Å². The van der Waals surface area contributed by atoms with Crippen molar-refractivity contribution in [2.24, 2.45) is 7.05 Å². The molecule has 3 aromatic rings. The highest BCUT2D eigenvalue weighted by molar-refractivity contribution is 9.10. The molecule has 0 aliphatic heterocycles. The van der Waals surface area contributed by atoms with E-state index in [1.807, 2.05) is 6.92 Å². The lowest BCUT2D eigenvalue weighted by Crippen LogP contribution is -2.25. The standard InChI is InChI=1S/C18H19BrN6O2/c1-11-15(19)10-20-25(11)12(2)17(26)21-13-4-6-14(7-5-13)22-18(27)16-8-9-24(3)23-16/h4-10,12H,1-3H3,(H,21,26)(H,22,27). The molecule has 2 heterocycles. The Hall–Kier alpha value is -2.94. The summed E-state index contributed by atoms with van der Waals surface area (Å²) in [6.45, 7) is 3.67. The molecule has 9 heteroatoms. The number of rotatable bonds is 5. The Morgan fingerprint density at radius 3 is 2.26 bits per heavy atom. The second-order valence-corrected chi connectivity index (χ2v) is 6.95. The van der Waals surface area contributed by atoms with Gasteiger partial charge in [0.2, 0.25) is 5.91 Å². The minimum atomic E-state index is -0.458. The zero-order valence-corrected chi connectivity index (χ0v) is 16.7. The number of aryl methyl sites for hydroxylation is 1. The highest BCUT2D eigenvalue weighted by Gasteiger charge is 2.18. The van der Waals surface area contributed by atoms with Gasteiger partial charge in [-0.1, -0.05) is 0 Å². The smallest absolute Gasteiger partial charge is 0.276 e. The van der Waals surface area contributed by atoms with Crippen LogP contribution in [0.25, 0.3) is 0 Å². The second-order valence-electron chi connectivity index (χ2n) is 6.09. The maximum Gasteiger partial charge on any atom is 0.276 e. The van der Waals surface area contributed by atoms with Crippen LogP contribution in [-0.4, -0.2) is 31.4 Å². The number of hydrogen-bond acceptors (Lipinski definition) is 4. The molecular formula is C18H19BrN6O2. The topological polar surface area (TPSA) is 93.8 Å². The van der Waals surface area contributed by atoms with E-state index in [0.29, 0.717) is 17.1 Å². The van der Waals surface area contributed by atoms with Crippen LogP contribution >= 0.6 is 15.9 Å². The zero-order valence-electron chi connectivity index (χ0n) is 15.1. The fourth-order valence-corrected chi connectivity index (χ4v) is 2.79. The summed E-state index contributed by atoms with van der Waals surface area (Å²) in [5.74, 6) is -0.472. The molecular weight excluding hydrogens is 412 g/mol. The van der Waals surface area contributed by atoms with Crippen molar-refractivity contribution in [1.29, 1.82) is 0 Å². The van der Waals surface area contributed by atoms with Gasteiger partial charge in [-0.3, -0.25) is 19.0 Å². The van der Waals surface area contributed by atoms with Crippen LogP contribution in [0.3, 0.4) is 0 Å². The van der Waals surface area contributed by atoms with E-state index in [1.165, 1.54) is 0 Å². The van der Waals surface area contributed by atoms with E-state index in [-0.39, 0.29) is 11.8 Å². The third-order valence-corrected chi connectivity index (χ3v) is 4.87. The summed E-state index contributed by atoms with van der Waals surface area (Å²) < 4.78 is 4.07. The molecule has 0 fully saturated rings. The normalized spacial score (nSPS) is 11.9. The second kappa shape index (κ2) is 7.75. The number of carbonyl (C=O) groups is 2. The first kappa shape index (κ1) is 18.8. The molecule has 0 saturated heterocycles. The van der Waals surface area contributed by atoms with Crippen LogP contribution < -0.4 is 10.6 Å². The molecule has 0 bridgehead atoms. The number of carbonyl (C=O) groups excluding carboxylic acids is 2. The van der Waals surface area contributed by atoms with Gasteiger partial charge in [-0.25, -0.2) is 0 Å². The maximum absolute atomic E-state index is 12.5. The average molecular weight is 431 g/mol. The number of nitrogens with zero attached hydrogens (tertiary/aromatic N) is 4. The number of benzene rings is 1. The molecule has 0 radical (unpaired) electrons. The number of anilines is 2. The minimum absolute atomic E-state index is 0.182. The lowest BCUT2D eigenvalue weighted by molar-refractivity contribution is -0.119. The van der Waals surface area contributed by atoms with Gasteiger partial charge in [-0.2, -0.15) is 10.2 Å². The van der Waals surface area contributed by atoms with Crippen LogP contribution in [0.4, 0.5) is 11.4 Å².